The van der Waals surface area contributed by atoms with Crippen molar-refractivity contribution in [2.24, 2.45) is 0 Å². The van der Waals surface area contributed by atoms with Crippen molar-refractivity contribution in [1.82, 2.24) is 4.98 Å². The quantitative estimate of drug-likeness (QED) is 0.545. The Kier molecular flexibility index (Phi) is 6.26. The molecule has 2 nitrogen and oxygen atoms in total. The average molecular weight is 347 g/mol. The zero-order valence-corrected chi connectivity index (χ0v) is 14.7. The molecule has 3 heteroatoms. The Balaban J connectivity index is 1.45. The highest BCUT2D eigenvalue weighted by atomic mass is 19.1. The molecule has 0 atom stereocenters. The molecule has 2 aromatic carbocycles. The van der Waals surface area contributed by atoms with E-state index in [0.29, 0.717) is 18.4 Å². The summed E-state index contributed by atoms with van der Waals surface area (Å²) in [6.07, 6.45) is 7.16. The van der Waals surface area contributed by atoms with Gasteiger partial charge in [0.25, 0.3) is 0 Å². The van der Waals surface area contributed by atoms with E-state index in [4.69, 9.17) is 0 Å². The molecule has 0 aliphatic carbocycles. The SMILES string of the molecule is O=C(CCCc1ccc(-c2ccccc2F)cc1)CCc1cccnc1. The Morgan fingerprint density at radius 3 is 2.38 bits per heavy atom. The minimum absolute atomic E-state index is 0.209. The van der Waals surface area contributed by atoms with Gasteiger partial charge in [0.1, 0.15) is 11.6 Å². The summed E-state index contributed by atoms with van der Waals surface area (Å²) in [6, 6.07) is 18.6. The molecule has 0 amide bonds. The van der Waals surface area contributed by atoms with Gasteiger partial charge in [0.2, 0.25) is 0 Å². The predicted molar refractivity (Wildman–Crippen MR) is 102 cm³/mol. The summed E-state index contributed by atoms with van der Waals surface area (Å²) in [6.45, 7) is 0. The highest BCUT2D eigenvalue weighted by Gasteiger charge is 2.06. The molecule has 132 valence electrons. The molecular weight excluding hydrogens is 325 g/mol. The molecule has 0 unspecified atom stereocenters. The first-order chi connectivity index (χ1) is 12.7. The molecule has 0 spiro atoms. The van der Waals surface area contributed by atoms with Gasteiger partial charge < -0.3 is 0 Å². The van der Waals surface area contributed by atoms with Crippen LogP contribution in [0.25, 0.3) is 11.1 Å². The number of hydrogen-bond acceptors (Lipinski definition) is 2. The molecule has 1 aromatic heterocycles. The maximum atomic E-state index is 13.8. The van der Waals surface area contributed by atoms with Crippen LogP contribution in [0.2, 0.25) is 0 Å². The van der Waals surface area contributed by atoms with Gasteiger partial charge in [-0.15, -0.1) is 0 Å². The van der Waals surface area contributed by atoms with Crippen molar-refractivity contribution in [2.45, 2.75) is 32.1 Å². The highest BCUT2D eigenvalue weighted by molar-refractivity contribution is 5.78. The molecule has 0 fully saturated rings. The lowest BCUT2D eigenvalue weighted by atomic mass is 10.00. The largest absolute Gasteiger partial charge is 0.300 e. The second kappa shape index (κ2) is 9.04. The van der Waals surface area contributed by atoms with Crippen molar-refractivity contribution in [2.75, 3.05) is 0 Å². The van der Waals surface area contributed by atoms with Crippen molar-refractivity contribution in [3.63, 3.8) is 0 Å². The molecule has 0 radical (unpaired) electrons. The number of rotatable bonds is 8. The van der Waals surface area contributed by atoms with Gasteiger partial charge in [0.15, 0.2) is 0 Å². The van der Waals surface area contributed by atoms with E-state index in [2.05, 4.69) is 4.98 Å². The van der Waals surface area contributed by atoms with Crippen LogP contribution >= 0.6 is 0 Å². The van der Waals surface area contributed by atoms with Gasteiger partial charge in [-0.2, -0.15) is 0 Å². The van der Waals surface area contributed by atoms with E-state index in [1.54, 1.807) is 18.3 Å². The summed E-state index contributed by atoms with van der Waals surface area (Å²) in [5.74, 6) is 0.0799. The number of ketones is 1. The average Bonchev–Trinajstić information content (AvgIpc) is 2.68. The molecule has 0 bridgehead atoms. The van der Waals surface area contributed by atoms with Gasteiger partial charge >= 0.3 is 0 Å². The first-order valence-corrected chi connectivity index (χ1v) is 8.97. The number of carbonyl (C=O) groups excluding carboxylic acids is 1. The summed E-state index contributed by atoms with van der Waals surface area (Å²) in [7, 11) is 0. The van der Waals surface area contributed by atoms with Gasteiger partial charge in [-0.25, -0.2) is 4.39 Å². The van der Waals surface area contributed by atoms with Crippen molar-refractivity contribution >= 4 is 5.78 Å². The van der Waals surface area contributed by atoms with Gasteiger partial charge in [0.05, 0.1) is 0 Å². The van der Waals surface area contributed by atoms with E-state index in [-0.39, 0.29) is 11.6 Å². The van der Waals surface area contributed by atoms with Crippen molar-refractivity contribution in [3.05, 3.63) is 90.0 Å². The van der Waals surface area contributed by atoms with Crippen molar-refractivity contribution in [1.29, 1.82) is 0 Å². The Bertz CT molecular complexity index is 844. The molecule has 0 N–H and O–H groups in total. The fourth-order valence-corrected chi connectivity index (χ4v) is 2.99. The maximum Gasteiger partial charge on any atom is 0.133 e. The highest BCUT2D eigenvalue weighted by Crippen LogP contribution is 2.23. The number of benzene rings is 2. The number of nitrogens with zero attached hydrogens (tertiary/aromatic N) is 1. The van der Waals surface area contributed by atoms with Gasteiger partial charge in [-0.05, 0) is 48.1 Å². The van der Waals surface area contributed by atoms with Crippen LogP contribution in [0, 0.1) is 5.82 Å². The van der Waals surface area contributed by atoms with Crippen LogP contribution in [0.1, 0.15) is 30.4 Å². The number of Topliss-reactive ketones (excluding diaryl/α,β-unsaturated/α-hetero) is 1. The predicted octanol–water partition coefficient (Wildman–Crippen LogP) is 5.41. The van der Waals surface area contributed by atoms with Crippen LogP contribution in [0.4, 0.5) is 4.39 Å². The summed E-state index contributed by atoms with van der Waals surface area (Å²) in [4.78, 5) is 16.1. The number of aromatic nitrogens is 1. The third kappa shape index (κ3) is 5.09. The molecule has 26 heavy (non-hydrogen) atoms. The van der Waals surface area contributed by atoms with Crippen LogP contribution < -0.4 is 0 Å². The zero-order chi connectivity index (χ0) is 18.2. The van der Waals surface area contributed by atoms with Crippen LogP contribution in [0.5, 0.6) is 0 Å². The standard InChI is InChI=1S/C23H22FNO/c24-23-9-2-1-8-22(23)20-13-10-18(11-14-20)5-3-7-21(26)15-12-19-6-4-16-25-17-19/h1-2,4,6,8-11,13-14,16-17H,3,5,7,12,15H2. The molecule has 0 aliphatic heterocycles. The van der Waals surface area contributed by atoms with Crippen LogP contribution in [0.3, 0.4) is 0 Å². The molecular formula is C23H22FNO. The molecule has 0 saturated carbocycles. The summed E-state index contributed by atoms with van der Waals surface area (Å²) < 4.78 is 13.8. The maximum absolute atomic E-state index is 13.8. The molecule has 0 aliphatic rings. The monoisotopic (exact) mass is 347 g/mol. The fourth-order valence-electron chi connectivity index (χ4n) is 2.99. The van der Waals surface area contributed by atoms with E-state index in [0.717, 1.165) is 30.4 Å². The van der Waals surface area contributed by atoms with E-state index >= 15 is 0 Å². The minimum atomic E-state index is -0.209. The Morgan fingerprint density at radius 2 is 1.65 bits per heavy atom. The lowest BCUT2D eigenvalue weighted by Gasteiger charge is -2.06. The third-order valence-electron chi connectivity index (χ3n) is 4.48. The lowest BCUT2D eigenvalue weighted by Crippen LogP contribution is -2.01. The van der Waals surface area contributed by atoms with E-state index < -0.39 is 0 Å². The fraction of sp³-hybridized carbons (Fsp3) is 0.217. The van der Waals surface area contributed by atoms with E-state index in [1.807, 2.05) is 48.7 Å². The number of hydrogen-bond donors (Lipinski definition) is 0. The summed E-state index contributed by atoms with van der Waals surface area (Å²) in [5.41, 5.74) is 3.76. The van der Waals surface area contributed by atoms with E-state index in [1.165, 1.54) is 11.6 Å². The van der Waals surface area contributed by atoms with E-state index in [9.17, 15) is 9.18 Å². The van der Waals surface area contributed by atoms with Crippen LogP contribution in [-0.2, 0) is 17.6 Å². The Morgan fingerprint density at radius 1 is 0.846 bits per heavy atom. The molecule has 0 saturated heterocycles. The number of pyridine rings is 1. The topological polar surface area (TPSA) is 30.0 Å². The molecule has 3 rings (SSSR count). The first-order valence-electron chi connectivity index (χ1n) is 8.97. The summed E-state index contributed by atoms with van der Waals surface area (Å²) in [5, 5.41) is 0. The van der Waals surface area contributed by atoms with Gasteiger partial charge in [-0.1, -0.05) is 48.5 Å². The minimum Gasteiger partial charge on any atom is -0.300 e. The zero-order valence-electron chi connectivity index (χ0n) is 14.7. The Labute approximate surface area is 153 Å². The smallest absolute Gasteiger partial charge is 0.133 e. The second-order valence-electron chi connectivity index (χ2n) is 6.43. The third-order valence-corrected chi connectivity index (χ3v) is 4.48. The second-order valence-corrected chi connectivity index (χ2v) is 6.43. The summed E-state index contributed by atoms with van der Waals surface area (Å²) >= 11 is 0. The van der Waals surface area contributed by atoms with Crippen molar-refractivity contribution < 1.29 is 9.18 Å². The Hall–Kier alpha value is -2.81. The number of aryl methyl sites for hydroxylation is 2. The van der Waals surface area contributed by atoms with Crippen LogP contribution in [0.15, 0.2) is 73.1 Å². The van der Waals surface area contributed by atoms with Crippen LogP contribution in [-0.4, -0.2) is 10.8 Å². The molecule has 3 aromatic rings. The molecule has 1 heterocycles. The van der Waals surface area contributed by atoms with Gasteiger partial charge in [0, 0.05) is 30.8 Å². The van der Waals surface area contributed by atoms with Crippen molar-refractivity contribution in [3.8, 4) is 11.1 Å². The lowest BCUT2D eigenvalue weighted by molar-refractivity contribution is -0.119. The van der Waals surface area contributed by atoms with Gasteiger partial charge in [-0.3, -0.25) is 9.78 Å². The number of halogens is 1. The first kappa shape index (κ1) is 18.0. The normalized spacial score (nSPS) is 10.7. The number of carbonyl (C=O) groups is 1.